The van der Waals surface area contributed by atoms with E-state index in [4.69, 9.17) is 10.8 Å². The molecule has 1 aliphatic heterocycles. The third-order valence-electron chi connectivity index (χ3n) is 5.19. The number of fused-ring (bicyclic) bond motifs is 1. The molecule has 1 saturated heterocycles. The number of nitrogens with one attached hydrogen (secondary N) is 1. The van der Waals surface area contributed by atoms with Crippen molar-refractivity contribution in [3.8, 4) is 0 Å². The average molecular weight is 450 g/mol. The van der Waals surface area contributed by atoms with Crippen LogP contribution in [0.25, 0.3) is 10.9 Å². The summed E-state index contributed by atoms with van der Waals surface area (Å²) in [5.41, 5.74) is 4.21. The minimum absolute atomic E-state index is 0.0530. The zero-order valence-electron chi connectivity index (χ0n) is 16.0. The predicted octanol–water partition coefficient (Wildman–Crippen LogP) is 2.45. The van der Waals surface area contributed by atoms with Gasteiger partial charge >= 0.3 is 12.4 Å². The molecule has 170 valence electrons. The summed E-state index contributed by atoms with van der Waals surface area (Å²) in [5, 5.41) is 11.4. The van der Waals surface area contributed by atoms with Gasteiger partial charge in [0, 0.05) is 36.4 Å². The van der Waals surface area contributed by atoms with Gasteiger partial charge in [0.2, 0.25) is 5.91 Å². The van der Waals surface area contributed by atoms with Crippen molar-refractivity contribution in [1.82, 2.24) is 10.3 Å². The Kier molecular flexibility index (Phi) is 6.33. The molecule has 0 radical (unpaired) electrons. The Bertz CT molecular complexity index is 949. The van der Waals surface area contributed by atoms with Gasteiger partial charge in [0.15, 0.2) is 0 Å². The van der Waals surface area contributed by atoms with E-state index in [-0.39, 0.29) is 23.1 Å². The molecule has 1 unspecified atom stereocenters. The molecule has 31 heavy (non-hydrogen) atoms. The molecule has 1 fully saturated rings. The minimum atomic E-state index is -4.68. The summed E-state index contributed by atoms with van der Waals surface area (Å²) in [6.07, 6.45) is -8.50. The molecule has 4 N–H and O–H groups in total. The molecule has 0 saturated carbocycles. The quantitative estimate of drug-likeness (QED) is 0.623. The molecule has 0 aliphatic carbocycles. The number of aliphatic hydroxyl groups excluding tert-OH is 1. The van der Waals surface area contributed by atoms with Crippen LogP contribution in [0.3, 0.4) is 0 Å². The second kappa shape index (κ2) is 8.50. The normalized spacial score (nSPS) is 21.2. The first-order chi connectivity index (χ1) is 14.4. The zero-order valence-corrected chi connectivity index (χ0v) is 16.0. The molecule has 12 heteroatoms. The molecule has 1 amide bonds. The number of anilines is 1. The van der Waals surface area contributed by atoms with Gasteiger partial charge in [0.25, 0.3) is 0 Å². The molecular weight excluding hydrogens is 430 g/mol. The van der Waals surface area contributed by atoms with Gasteiger partial charge < -0.3 is 21.1 Å². The van der Waals surface area contributed by atoms with Crippen LogP contribution in [-0.2, 0) is 11.0 Å². The number of alkyl halides is 6. The van der Waals surface area contributed by atoms with E-state index < -0.39 is 61.4 Å². The SMILES string of the molecule is N[C@H](CO)C(=O)N[C@@H]1CC(C(F)(F)F)CN(c2ccc(C(F)(F)F)c3ncccc23)C1. The number of pyridine rings is 1. The first-order valence-electron chi connectivity index (χ1n) is 9.35. The van der Waals surface area contributed by atoms with Crippen LogP contribution in [0.5, 0.6) is 0 Å². The Balaban J connectivity index is 2.00. The number of hydrogen-bond donors (Lipinski definition) is 3. The number of halogens is 6. The highest BCUT2D eigenvalue weighted by atomic mass is 19.4. The lowest BCUT2D eigenvalue weighted by molar-refractivity contribution is -0.178. The summed E-state index contributed by atoms with van der Waals surface area (Å²) in [6, 6.07) is 2.40. The first-order valence-corrected chi connectivity index (χ1v) is 9.35. The molecular formula is C19H20F6N4O2. The summed E-state index contributed by atoms with van der Waals surface area (Å²) < 4.78 is 80.6. The van der Waals surface area contributed by atoms with Crippen molar-refractivity contribution in [2.24, 2.45) is 11.7 Å². The van der Waals surface area contributed by atoms with Gasteiger partial charge in [0.05, 0.1) is 23.6 Å². The van der Waals surface area contributed by atoms with Crippen LogP contribution in [-0.4, -0.2) is 54.0 Å². The molecule has 6 nitrogen and oxygen atoms in total. The fourth-order valence-corrected chi connectivity index (χ4v) is 3.69. The number of nitrogens with zero attached hydrogens (tertiary/aromatic N) is 2. The van der Waals surface area contributed by atoms with Gasteiger partial charge in [-0.2, -0.15) is 26.3 Å². The molecule has 2 aromatic rings. The third-order valence-corrected chi connectivity index (χ3v) is 5.19. The van der Waals surface area contributed by atoms with Gasteiger partial charge in [-0.3, -0.25) is 9.78 Å². The molecule has 1 aromatic heterocycles. The minimum Gasteiger partial charge on any atom is -0.394 e. The Morgan fingerprint density at radius 1 is 1.23 bits per heavy atom. The lowest BCUT2D eigenvalue weighted by atomic mass is 9.92. The number of aliphatic hydroxyl groups is 1. The van der Waals surface area contributed by atoms with Gasteiger partial charge in [-0.05, 0) is 30.7 Å². The largest absolute Gasteiger partial charge is 0.418 e. The van der Waals surface area contributed by atoms with Crippen LogP contribution in [0.15, 0.2) is 30.5 Å². The van der Waals surface area contributed by atoms with E-state index in [1.807, 2.05) is 0 Å². The molecule has 2 heterocycles. The van der Waals surface area contributed by atoms with E-state index in [1.165, 1.54) is 23.2 Å². The Morgan fingerprint density at radius 3 is 2.55 bits per heavy atom. The topological polar surface area (TPSA) is 91.5 Å². The summed E-state index contributed by atoms with van der Waals surface area (Å²) >= 11 is 0. The van der Waals surface area contributed by atoms with Crippen LogP contribution in [0, 0.1) is 5.92 Å². The van der Waals surface area contributed by atoms with Gasteiger partial charge in [-0.1, -0.05) is 0 Å². The second-order valence-corrected chi connectivity index (χ2v) is 7.40. The van der Waals surface area contributed by atoms with E-state index in [2.05, 4.69) is 10.3 Å². The van der Waals surface area contributed by atoms with Crippen molar-refractivity contribution in [3.05, 3.63) is 36.0 Å². The Morgan fingerprint density at radius 2 is 1.94 bits per heavy atom. The molecule has 0 spiro atoms. The van der Waals surface area contributed by atoms with E-state index in [0.29, 0.717) is 0 Å². The summed E-state index contributed by atoms with van der Waals surface area (Å²) in [7, 11) is 0. The zero-order chi connectivity index (χ0) is 23.0. The number of rotatable bonds is 4. The van der Waals surface area contributed by atoms with Crippen LogP contribution in [0.2, 0.25) is 0 Å². The van der Waals surface area contributed by atoms with Gasteiger partial charge in [0.1, 0.15) is 6.04 Å². The van der Waals surface area contributed by atoms with Crippen LogP contribution >= 0.6 is 0 Å². The summed E-state index contributed by atoms with van der Waals surface area (Å²) in [4.78, 5) is 17.1. The summed E-state index contributed by atoms with van der Waals surface area (Å²) in [5.74, 6) is -2.64. The maximum Gasteiger partial charge on any atom is 0.418 e. The number of hydrogen-bond acceptors (Lipinski definition) is 5. The number of carbonyl (C=O) groups excluding carboxylic acids is 1. The lowest BCUT2D eigenvalue weighted by Gasteiger charge is -2.40. The maximum absolute atomic E-state index is 13.5. The second-order valence-electron chi connectivity index (χ2n) is 7.40. The van der Waals surface area contributed by atoms with Gasteiger partial charge in [-0.15, -0.1) is 0 Å². The lowest BCUT2D eigenvalue weighted by Crippen LogP contribution is -2.56. The third kappa shape index (κ3) is 5.01. The molecule has 3 atom stereocenters. The highest BCUT2D eigenvalue weighted by Gasteiger charge is 2.45. The number of nitrogens with two attached hydrogens (primary N) is 1. The highest BCUT2D eigenvalue weighted by Crippen LogP contribution is 2.40. The predicted molar refractivity (Wildman–Crippen MR) is 100 cm³/mol. The summed E-state index contributed by atoms with van der Waals surface area (Å²) in [6.45, 7) is -1.25. The first kappa shape index (κ1) is 23.1. The maximum atomic E-state index is 13.5. The molecule has 0 bridgehead atoms. The smallest absolute Gasteiger partial charge is 0.394 e. The number of piperidine rings is 1. The van der Waals surface area contributed by atoms with E-state index >= 15 is 0 Å². The fraction of sp³-hybridized carbons (Fsp3) is 0.474. The van der Waals surface area contributed by atoms with Gasteiger partial charge in [-0.25, -0.2) is 0 Å². The number of amides is 1. The Labute approximate surface area is 173 Å². The van der Waals surface area contributed by atoms with E-state index in [9.17, 15) is 31.1 Å². The van der Waals surface area contributed by atoms with Crippen LogP contribution in [0.1, 0.15) is 12.0 Å². The van der Waals surface area contributed by atoms with Crippen LogP contribution < -0.4 is 16.0 Å². The average Bonchev–Trinajstić information content (AvgIpc) is 2.70. The van der Waals surface area contributed by atoms with Crippen molar-refractivity contribution >= 4 is 22.5 Å². The standard InChI is InChI=1S/C19H20F6N4O2/c20-18(21,22)10-6-11(28-17(31)14(26)9-30)8-29(7-10)15-4-3-13(19(23,24)25)16-12(15)2-1-5-27-16/h1-5,10-11,14,30H,6-9,26H2,(H,28,31)/t10?,11-,14-/m1/s1. The van der Waals surface area contributed by atoms with Crippen molar-refractivity contribution in [3.63, 3.8) is 0 Å². The van der Waals surface area contributed by atoms with Crippen molar-refractivity contribution in [2.45, 2.75) is 30.9 Å². The number of aromatic nitrogens is 1. The van der Waals surface area contributed by atoms with Crippen molar-refractivity contribution in [2.75, 3.05) is 24.6 Å². The van der Waals surface area contributed by atoms with Crippen molar-refractivity contribution < 1.29 is 36.2 Å². The van der Waals surface area contributed by atoms with E-state index in [0.717, 1.165) is 12.1 Å². The number of carbonyl (C=O) groups is 1. The fourth-order valence-electron chi connectivity index (χ4n) is 3.69. The van der Waals surface area contributed by atoms with E-state index in [1.54, 1.807) is 0 Å². The number of benzene rings is 1. The Hall–Kier alpha value is -2.60. The highest BCUT2D eigenvalue weighted by molar-refractivity contribution is 5.94. The van der Waals surface area contributed by atoms with Crippen molar-refractivity contribution in [1.29, 1.82) is 0 Å². The van der Waals surface area contributed by atoms with Crippen LogP contribution in [0.4, 0.5) is 32.0 Å². The monoisotopic (exact) mass is 450 g/mol. The molecule has 1 aromatic carbocycles. The molecule has 1 aliphatic rings. The molecule has 3 rings (SSSR count).